The maximum Gasteiger partial charge on any atom is 0.303 e. The second-order valence-corrected chi connectivity index (χ2v) is 10.2. The number of hydrogen-bond acceptors (Lipinski definition) is 6. The second kappa shape index (κ2) is 16.4. The SMILES string of the molecule is CCCCCCCCCCCCSC(=S)C(=O)SC(C)(C#N)CCC(=O)O. The van der Waals surface area contributed by atoms with Crippen molar-refractivity contribution in [3.05, 3.63) is 0 Å². The van der Waals surface area contributed by atoms with E-state index in [1.54, 1.807) is 6.92 Å². The standard InChI is InChI=1S/C20H33NO3S3/c1-3-4-5-6-7-8-9-10-11-12-15-26-19(25)18(24)27-20(2,16-21)14-13-17(22)23/h3-15H2,1-2H3,(H,22,23). The van der Waals surface area contributed by atoms with Crippen molar-refractivity contribution in [3.63, 3.8) is 0 Å². The summed E-state index contributed by atoms with van der Waals surface area (Å²) < 4.78 is -0.759. The molecule has 0 aliphatic heterocycles. The highest BCUT2D eigenvalue weighted by atomic mass is 32.2. The van der Waals surface area contributed by atoms with Crippen LogP contribution in [0.15, 0.2) is 0 Å². The van der Waals surface area contributed by atoms with Gasteiger partial charge in [0.25, 0.3) is 0 Å². The lowest BCUT2D eigenvalue weighted by Gasteiger charge is -2.18. The molecule has 4 nitrogen and oxygen atoms in total. The van der Waals surface area contributed by atoms with Crippen molar-refractivity contribution in [1.82, 2.24) is 0 Å². The largest absolute Gasteiger partial charge is 0.481 e. The maximum absolute atomic E-state index is 12.2. The predicted molar refractivity (Wildman–Crippen MR) is 120 cm³/mol. The molecule has 1 N–H and O–H groups in total. The number of nitriles is 1. The van der Waals surface area contributed by atoms with Gasteiger partial charge in [-0.1, -0.05) is 88.7 Å². The van der Waals surface area contributed by atoms with Crippen LogP contribution in [0, 0.1) is 11.3 Å². The number of thioether (sulfide) groups is 2. The van der Waals surface area contributed by atoms with Crippen LogP contribution in [0.4, 0.5) is 0 Å². The van der Waals surface area contributed by atoms with Crippen molar-refractivity contribution >= 4 is 51.0 Å². The Kier molecular flexibility index (Phi) is 16.0. The van der Waals surface area contributed by atoms with E-state index >= 15 is 0 Å². The number of thiocarbonyl (C=S) groups is 1. The molecular formula is C20H33NO3S3. The Morgan fingerprint density at radius 1 is 1.04 bits per heavy atom. The van der Waals surface area contributed by atoms with E-state index in [0.29, 0.717) is 0 Å². The molecule has 0 aliphatic rings. The number of carbonyl (C=O) groups is 2. The molecule has 0 aliphatic carbocycles. The number of carboxylic acids is 1. The van der Waals surface area contributed by atoms with Gasteiger partial charge in [-0.3, -0.25) is 9.59 Å². The van der Waals surface area contributed by atoms with Crippen LogP contribution in [0.3, 0.4) is 0 Å². The lowest BCUT2D eigenvalue weighted by Crippen LogP contribution is -2.23. The van der Waals surface area contributed by atoms with Crippen molar-refractivity contribution in [2.24, 2.45) is 0 Å². The number of rotatable bonds is 15. The van der Waals surface area contributed by atoms with Gasteiger partial charge < -0.3 is 5.11 Å². The van der Waals surface area contributed by atoms with Crippen LogP contribution in [-0.2, 0) is 9.59 Å². The third-order valence-corrected chi connectivity index (χ3v) is 7.14. The van der Waals surface area contributed by atoms with E-state index in [0.717, 1.165) is 30.4 Å². The Labute approximate surface area is 178 Å². The number of aliphatic carboxylic acids is 1. The van der Waals surface area contributed by atoms with E-state index in [4.69, 9.17) is 17.3 Å². The normalized spacial score (nSPS) is 12.9. The minimum absolute atomic E-state index is 0.126. The molecule has 1 unspecified atom stereocenters. The molecule has 0 saturated carbocycles. The van der Waals surface area contributed by atoms with E-state index in [-0.39, 0.29) is 22.2 Å². The zero-order chi connectivity index (χ0) is 20.5. The van der Waals surface area contributed by atoms with Gasteiger partial charge in [-0.15, -0.1) is 11.8 Å². The van der Waals surface area contributed by atoms with E-state index in [2.05, 4.69) is 6.92 Å². The van der Waals surface area contributed by atoms with Gasteiger partial charge in [0, 0.05) is 6.42 Å². The molecule has 0 aromatic heterocycles. The summed E-state index contributed by atoms with van der Waals surface area (Å²) in [4.78, 5) is 22.9. The lowest BCUT2D eigenvalue weighted by molar-refractivity contribution is -0.137. The number of hydrogen-bond donors (Lipinski definition) is 1. The van der Waals surface area contributed by atoms with E-state index in [1.165, 1.54) is 63.1 Å². The molecule has 0 spiro atoms. The van der Waals surface area contributed by atoms with Crippen molar-refractivity contribution in [1.29, 1.82) is 5.26 Å². The van der Waals surface area contributed by atoms with Crippen LogP contribution in [0.25, 0.3) is 0 Å². The van der Waals surface area contributed by atoms with E-state index in [1.807, 2.05) is 6.07 Å². The van der Waals surface area contributed by atoms with E-state index < -0.39 is 10.7 Å². The van der Waals surface area contributed by atoms with Crippen LogP contribution in [0.2, 0.25) is 0 Å². The first kappa shape index (κ1) is 26.4. The molecule has 1 atom stereocenters. The smallest absolute Gasteiger partial charge is 0.303 e. The predicted octanol–water partition coefficient (Wildman–Crippen LogP) is 6.37. The van der Waals surface area contributed by atoms with Crippen LogP contribution in [0.1, 0.15) is 90.9 Å². The van der Waals surface area contributed by atoms with Gasteiger partial charge in [0.2, 0.25) is 5.12 Å². The number of carbonyl (C=O) groups excluding carboxylic acids is 1. The van der Waals surface area contributed by atoms with Crippen molar-refractivity contribution in [3.8, 4) is 6.07 Å². The maximum atomic E-state index is 12.2. The first-order valence-electron chi connectivity index (χ1n) is 9.87. The third-order valence-electron chi connectivity index (χ3n) is 4.27. The molecule has 0 aromatic rings. The molecule has 7 heteroatoms. The highest BCUT2D eigenvalue weighted by Crippen LogP contribution is 2.32. The molecule has 0 radical (unpaired) electrons. The second-order valence-electron chi connectivity index (χ2n) is 6.94. The van der Waals surface area contributed by atoms with Gasteiger partial charge in [0.05, 0.1) is 6.07 Å². The number of nitrogens with zero attached hydrogens (tertiary/aromatic N) is 1. The first-order chi connectivity index (χ1) is 12.8. The van der Waals surface area contributed by atoms with Gasteiger partial charge >= 0.3 is 5.97 Å². The van der Waals surface area contributed by atoms with Crippen molar-refractivity contribution in [2.75, 3.05) is 5.75 Å². The molecule has 27 heavy (non-hydrogen) atoms. The summed E-state index contributed by atoms with van der Waals surface area (Å²) in [7, 11) is 0. The molecule has 0 bridgehead atoms. The molecule has 154 valence electrons. The molecule has 0 heterocycles. The minimum Gasteiger partial charge on any atom is -0.481 e. The zero-order valence-electron chi connectivity index (χ0n) is 16.6. The van der Waals surface area contributed by atoms with Crippen LogP contribution in [0.5, 0.6) is 0 Å². The Balaban J connectivity index is 3.81. The molecule has 0 rings (SSSR count). The number of carboxylic acid groups (broad SMARTS) is 1. The summed E-state index contributed by atoms with van der Waals surface area (Å²) >= 11 is 7.39. The summed E-state index contributed by atoms with van der Waals surface area (Å²) in [5.74, 6) is -0.150. The lowest BCUT2D eigenvalue weighted by atomic mass is 10.1. The van der Waals surface area contributed by atoms with Crippen LogP contribution in [-0.4, -0.2) is 30.9 Å². The van der Waals surface area contributed by atoms with Gasteiger partial charge in [0.15, 0.2) is 0 Å². The monoisotopic (exact) mass is 431 g/mol. The first-order valence-corrected chi connectivity index (χ1v) is 12.1. The van der Waals surface area contributed by atoms with Crippen molar-refractivity contribution < 1.29 is 14.7 Å². The fourth-order valence-electron chi connectivity index (χ4n) is 2.53. The van der Waals surface area contributed by atoms with Crippen molar-refractivity contribution in [2.45, 2.75) is 95.6 Å². The average Bonchev–Trinajstić information content (AvgIpc) is 2.64. The van der Waals surface area contributed by atoms with Crippen LogP contribution >= 0.6 is 35.7 Å². The summed E-state index contributed by atoms with van der Waals surface area (Å²) in [6.45, 7) is 3.83. The fourth-order valence-corrected chi connectivity index (χ4v) is 4.61. The third kappa shape index (κ3) is 15.1. The zero-order valence-corrected chi connectivity index (χ0v) is 19.1. The molecule has 0 saturated heterocycles. The molecule has 0 fully saturated rings. The minimum atomic E-state index is -1.04. The highest BCUT2D eigenvalue weighted by Gasteiger charge is 2.30. The summed E-state index contributed by atoms with van der Waals surface area (Å²) in [6, 6.07) is 2.04. The Morgan fingerprint density at radius 3 is 2.04 bits per heavy atom. The van der Waals surface area contributed by atoms with Crippen LogP contribution < -0.4 is 0 Å². The quantitative estimate of drug-likeness (QED) is 0.238. The molecule has 0 aromatic carbocycles. The summed E-state index contributed by atoms with van der Waals surface area (Å²) in [5, 5.41) is 17.7. The molecule has 0 amide bonds. The topological polar surface area (TPSA) is 78.2 Å². The van der Waals surface area contributed by atoms with E-state index in [9.17, 15) is 14.9 Å². The van der Waals surface area contributed by atoms with Gasteiger partial charge in [-0.2, -0.15) is 5.26 Å². The highest BCUT2D eigenvalue weighted by molar-refractivity contribution is 8.32. The Hall–Kier alpha value is -0.580. The van der Waals surface area contributed by atoms with Gasteiger partial charge in [-0.25, -0.2) is 0 Å². The Bertz CT molecular complexity index is 505. The average molecular weight is 432 g/mol. The molecular weight excluding hydrogens is 398 g/mol. The fraction of sp³-hybridized carbons (Fsp3) is 0.800. The van der Waals surface area contributed by atoms with Gasteiger partial charge in [0.1, 0.15) is 8.94 Å². The van der Waals surface area contributed by atoms with Gasteiger partial charge in [-0.05, 0) is 25.5 Å². The Morgan fingerprint density at radius 2 is 1.56 bits per heavy atom. The summed E-state index contributed by atoms with van der Waals surface area (Å²) in [5.41, 5.74) is 0. The summed E-state index contributed by atoms with van der Waals surface area (Å²) in [6.07, 6.45) is 12.7. The number of unbranched alkanes of at least 4 members (excludes halogenated alkanes) is 9.